The van der Waals surface area contributed by atoms with Crippen molar-refractivity contribution in [3.8, 4) is 11.5 Å². The number of rotatable bonds is 9. The summed E-state index contributed by atoms with van der Waals surface area (Å²) >= 11 is 12.3. The van der Waals surface area contributed by atoms with Gasteiger partial charge in [-0.25, -0.2) is 0 Å². The SMILES string of the molecule is CCCCCCCOc1ccc2c(Cl)c(OC(C)Cl)ccc2c1. The first-order valence-corrected chi connectivity index (χ1v) is 9.09. The molecule has 0 bridgehead atoms. The Morgan fingerprint density at radius 2 is 1.83 bits per heavy atom. The van der Waals surface area contributed by atoms with Crippen molar-refractivity contribution >= 4 is 34.0 Å². The van der Waals surface area contributed by atoms with Crippen LogP contribution in [0.5, 0.6) is 11.5 Å². The number of hydrogen-bond acceptors (Lipinski definition) is 2. The fourth-order valence-corrected chi connectivity index (χ4v) is 2.88. The molecule has 0 saturated carbocycles. The summed E-state index contributed by atoms with van der Waals surface area (Å²) in [5.74, 6) is 1.48. The van der Waals surface area contributed by atoms with Crippen LogP contribution in [0.25, 0.3) is 10.8 Å². The van der Waals surface area contributed by atoms with E-state index in [0.717, 1.165) is 29.5 Å². The largest absolute Gasteiger partial charge is 0.494 e. The average Bonchev–Trinajstić information content (AvgIpc) is 2.53. The lowest BCUT2D eigenvalue weighted by molar-refractivity contribution is 0.301. The van der Waals surface area contributed by atoms with Crippen molar-refractivity contribution < 1.29 is 9.47 Å². The highest BCUT2D eigenvalue weighted by Gasteiger charge is 2.09. The number of unbranched alkanes of at least 4 members (excludes halogenated alkanes) is 4. The number of alkyl halides is 1. The highest BCUT2D eigenvalue weighted by molar-refractivity contribution is 6.37. The van der Waals surface area contributed by atoms with E-state index in [2.05, 4.69) is 6.92 Å². The average molecular weight is 355 g/mol. The van der Waals surface area contributed by atoms with E-state index in [1.165, 1.54) is 25.7 Å². The van der Waals surface area contributed by atoms with E-state index in [4.69, 9.17) is 32.7 Å². The Bertz CT molecular complexity index is 626. The molecule has 0 saturated heterocycles. The van der Waals surface area contributed by atoms with Crippen LogP contribution >= 0.6 is 23.2 Å². The summed E-state index contributed by atoms with van der Waals surface area (Å²) in [4.78, 5) is 0. The highest BCUT2D eigenvalue weighted by atomic mass is 35.5. The Hall–Kier alpha value is -1.12. The lowest BCUT2D eigenvalue weighted by Crippen LogP contribution is -2.02. The summed E-state index contributed by atoms with van der Waals surface area (Å²) in [5.41, 5.74) is -0.416. The molecule has 2 aromatic carbocycles. The van der Waals surface area contributed by atoms with Crippen LogP contribution in [0.3, 0.4) is 0 Å². The minimum absolute atomic E-state index is 0.416. The van der Waals surface area contributed by atoms with Crippen LogP contribution in [-0.2, 0) is 0 Å². The summed E-state index contributed by atoms with van der Waals surface area (Å²) in [6.07, 6.45) is 6.18. The fourth-order valence-electron chi connectivity index (χ4n) is 2.50. The molecule has 0 aromatic heterocycles. The third kappa shape index (κ3) is 5.47. The number of ether oxygens (including phenoxy) is 2. The number of benzene rings is 2. The predicted molar refractivity (Wildman–Crippen MR) is 99.2 cm³/mol. The first kappa shape index (κ1) is 18.2. The molecule has 0 amide bonds. The summed E-state index contributed by atoms with van der Waals surface area (Å²) in [6.45, 7) is 4.74. The van der Waals surface area contributed by atoms with Crippen molar-refractivity contribution in [2.24, 2.45) is 0 Å². The van der Waals surface area contributed by atoms with E-state index in [0.29, 0.717) is 10.8 Å². The molecule has 1 atom stereocenters. The van der Waals surface area contributed by atoms with Crippen LogP contribution in [0, 0.1) is 0 Å². The number of halogens is 2. The van der Waals surface area contributed by atoms with Gasteiger partial charge in [-0.2, -0.15) is 0 Å². The Morgan fingerprint density at radius 3 is 2.57 bits per heavy atom. The van der Waals surface area contributed by atoms with Gasteiger partial charge in [0.2, 0.25) is 0 Å². The van der Waals surface area contributed by atoms with Gasteiger partial charge in [0.05, 0.1) is 11.6 Å². The molecule has 0 aliphatic heterocycles. The molecule has 0 aliphatic rings. The second-order valence-corrected chi connectivity index (χ2v) is 6.68. The van der Waals surface area contributed by atoms with Crippen LogP contribution in [-0.4, -0.2) is 12.2 Å². The molecule has 0 spiro atoms. The van der Waals surface area contributed by atoms with Crippen LogP contribution in [0.15, 0.2) is 30.3 Å². The molecule has 1 unspecified atom stereocenters. The molecule has 2 aromatic rings. The standard InChI is InChI=1S/C19H24Cl2O2/c1-3-4-5-6-7-12-22-16-9-10-17-15(13-16)8-11-18(19(17)21)23-14(2)20/h8-11,13-14H,3-7,12H2,1-2H3. The van der Waals surface area contributed by atoms with Crippen LogP contribution in [0.1, 0.15) is 46.0 Å². The molecule has 2 rings (SSSR count). The smallest absolute Gasteiger partial charge is 0.169 e. The minimum Gasteiger partial charge on any atom is -0.494 e. The van der Waals surface area contributed by atoms with Crippen molar-refractivity contribution in [1.82, 2.24) is 0 Å². The normalized spacial score (nSPS) is 12.3. The van der Waals surface area contributed by atoms with Crippen LogP contribution < -0.4 is 9.47 Å². The topological polar surface area (TPSA) is 18.5 Å². The third-order valence-corrected chi connectivity index (χ3v) is 4.18. The molecule has 0 heterocycles. The van der Waals surface area contributed by atoms with Crippen molar-refractivity contribution in [3.05, 3.63) is 35.4 Å². The van der Waals surface area contributed by atoms with E-state index in [1.807, 2.05) is 30.3 Å². The summed E-state index contributed by atoms with van der Waals surface area (Å²) in [6, 6.07) is 9.76. The van der Waals surface area contributed by atoms with Gasteiger partial charge in [-0.05, 0) is 43.0 Å². The van der Waals surface area contributed by atoms with Gasteiger partial charge >= 0.3 is 0 Å². The van der Waals surface area contributed by atoms with E-state index in [9.17, 15) is 0 Å². The molecule has 4 heteroatoms. The second kappa shape index (κ2) is 9.24. The Balaban J connectivity index is 1.99. The Kier molecular flexibility index (Phi) is 7.32. The molecule has 0 fully saturated rings. The lowest BCUT2D eigenvalue weighted by atomic mass is 10.1. The van der Waals surface area contributed by atoms with E-state index < -0.39 is 5.56 Å². The maximum absolute atomic E-state index is 6.39. The maximum atomic E-state index is 6.39. The zero-order valence-electron chi connectivity index (χ0n) is 13.8. The van der Waals surface area contributed by atoms with Gasteiger partial charge in [0, 0.05) is 5.39 Å². The molecule has 126 valence electrons. The monoisotopic (exact) mass is 354 g/mol. The minimum atomic E-state index is -0.416. The van der Waals surface area contributed by atoms with Gasteiger partial charge in [-0.3, -0.25) is 0 Å². The molecule has 0 aliphatic carbocycles. The van der Waals surface area contributed by atoms with Gasteiger partial charge in [-0.1, -0.05) is 61.9 Å². The zero-order valence-corrected chi connectivity index (χ0v) is 15.3. The van der Waals surface area contributed by atoms with Crippen LogP contribution in [0.2, 0.25) is 5.02 Å². The molecule has 0 radical (unpaired) electrons. The number of fused-ring (bicyclic) bond motifs is 1. The van der Waals surface area contributed by atoms with Gasteiger partial charge in [0.1, 0.15) is 11.5 Å². The highest BCUT2D eigenvalue weighted by Crippen LogP contribution is 2.35. The summed E-state index contributed by atoms with van der Waals surface area (Å²) in [7, 11) is 0. The van der Waals surface area contributed by atoms with E-state index >= 15 is 0 Å². The van der Waals surface area contributed by atoms with Crippen molar-refractivity contribution in [2.75, 3.05) is 6.61 Å². The number of hydrogen-bond donors (Lipinski definition) is 0. The zero-order chi connectivity index (χ0) is 16.7. The summed E-state index contributed by atoms with van der Waals surface area (Å²) in [5, 5.41) is 2.56. The molecule has 0 N–H and O–H groups in total. The molecular formula is C19H24Cl2O2. The van der Waals surface area contributed by atoms with E-state index in [1.54, 1.807) is 6.92 Å². The predicted octanol–water partition coefficient (Wildman–Crippen LogP) is 6.81. The van der Waals surface area contributed by atoms with Crippen LogP contribution in [0.4, 0.5) is 0 Å². The van der Waals surface area contributed by atoms with E-state index in [-0.39, 0.29) is 0 Å². The third-order valence-electron chi connectivity index (χ3n) is 3.70. The maximum Gasteiger partial charge on any atom is 0.169 e. The second-order valence-electron chi connectivity index (χ2n) is 5.68. The lowest BCUT2D eigenvalue weighted by Gasteiger charge is -2.12. The molecular weight excluding hydrogens is 331 g/mol. The molecule has 2 nitrogen and oxygen atoms in total. The Morgan fingerprint density at radius 1 is 1.04 bits per heavy atom. The molecule has 23 heavy (non-hydrogen) atoms. The van der Waals surface area contributed by atoms with Crippen molar-refractivity contribution in [3.63, 3.8) is 0 Å². The van der Waals surface area contributed by atoms with Crippen molar-refractivity contribution in [2.45, 2.75) is 51.5 Å². The van der Waals surface area contributed by atoms with Crippen molar-refractivity contribution in [1.29, 1.82) is 0 Å². The summed E-state index contributed by atoms with van der Waals surface area (Å²) < 4.78 is 11.3. The quantitative estimate of drug-likeness (QED) is 0.363. The first-order chi connectivity index (χ1) is 11.1. The van der Waals surface area contributed by atoms with Gasteiger partial charge in [-0.15, -0.1) is 0 Å². The fraction of sp³-hybridized carbons (Fsp3) is 0.474. The Labute approximate surface area is 148 Å². The van der Waals surface area contributed by atoms with Gasteiger partial charge in [0.15, 0.2) is 5.56 Å². The van der Waals surface area contributed by atoms with Gasteiger partial charge < -0.3 is 9.47 Å². The first-order valence-electron chi connectivity index (χ1n) is 8.27. The van der Waals surface area contributed by atoms with Gasteiger partial charge in [0.25, 0.3) is 0 Å².